The standard InChI is InChI=1S/C13H18N4OS/c1-13(2,18-3)8-16-11-10-9(5-6-14-11)7-15-12(17-10)19-4/h5-7H,8H2,1-4H3,(H,14,16). The molecule has 0 radical (unpaired) electrons. The molecular weight excluding hydrogens is 260 g/mol. The van der Waals surface area contributed by atoms with E-state index in [0.717, 1.165) is 21.9 Å². The van der Waals surface area contributed by atoms with Gasteiger partial charge in [-0.25, -0.2) is 15.0 Å². The van der Waals surface area contributed by atoms with Crippen LogP contribution < -0.4 is 5.32 Å². The molecule has 0 saturated carbocycles. The number of hydrogen-bond donors (Lipinski definition) is 1. The first-order valence-corrected chi connectivity index (χ1v) is 7.23. The molecule has 0 bridgehead atoms. The Bertz CT molecular complexity index is 574. The summed E-state index contributed by atoms with van der Waals surface area (Å²) in [5.41, 5.74) is 0.591. The van der Waals surface area contributed by atoms with Crippen LogP contribution in [0.15, 0.2) is 23.6 Å². The summed E-state index contributed by atoms with van der Waals surface area (Å²) in [6, 6.07) is 1.91. The molecule has 19 heavy (non-hydrogen) atoms. The second-order valence-corrected chi connectivity index (χ2v) is 5.54. The quantitative estimate of drug-likeness (QED) is 0.670. The Morgan fingerprint density at radius 1 is 1.37 bits per heavy atom. The van der Waals surface area contributed by atoms with E-state index in [-0.39, 0.29) is 5.60 Å². The molecule has 0 aliphatic rings. The molecule has 0 atom stereocenters. The van der Waals surface area contributed by atoms with Gasteiger partial charge in [-0.3, -0.25) is 0 Å². The van der Waals surface area contributed by atoms with Crippen LogP contribution in [0.2, 0.25) is 0 Å². The van der Waals surface area contributed by atoms with Crippen LogP contribution in [-0.4, -0.2) is 40.5 Å². The Balaban J connectivity index is 2.32. The molecule has 0 saturated heterocycles. The number of nitrogens with one attached hydrogen (secondary N) is 1. The molecule has 2 rings (SSSR count). The van der Waals surface area contributed by atoms with Crippen LogP contribution in [-0.2, 0) is 4.74 Å². The van der Waals surface area contributed by atoms with Crippen molar-refractivity contribution in [2.24, 2.45) is 0 Å². The van der Waals surface area contributed by atoms with Crippen molar-refractivity contribution in [3.8, 4) is 0 Å². The summed E-state index contributed by atoms with van der Waals surface area (Å²) in [5, 5.41) is 5.02. The fourth-order valence-corrected chi connectivity index (χ4v) is 1.88. The molecule has 0 amide bonds. The molecule has 0 spiro atoms. The molecule has 6 heteroatoms. The number of thioether (sulfide) groups is 1. The summed E-state index contributed by atoms with van der Waals surface area (Å²) in [5.74, 6) is 0.764. The monoisotopic (exact) mass is 278 g/mol. The maximum atomic E-state index is 5.39. The Morgan fingerprint density at radius 3 is 2.84 bits per heavy atom. The maximum Gasteiger partial charge on any atom is 0.187 e. The first-order chi connectivity index (χ1) is 9.05. The van der Waals surface area contributed by atoms with Crippen LogP contribution in [0.25, 0.3) is 10.9 Å². The van der Waals surface area contributed by atoms with Crippen LogP contribution in [0.5, 0.6) is 0 Å². The van der Waals surface area contributed by atoms with Gasteiger partial charge in [0.2, 0.25) is 0 Å². The lowest BCUT2D eigenvalue weighted by molar-refractivity contribution is 0.0343. The highest BCUT2D eigenvalue weighted by Gasteiger charge is 2.17. The van der Waals surface area contributed by atoms with Crippen molar-refractivity contribution in [2.45, 2.75) is 24.6 Å². The van der Waals surface area contributed by atoms with E-state index < -0.39 is 0 Å². The van der Waals surface area contributed by atoms with Gasteiger partial charge >= 0.3 is 0 Å². The summed E-state index contributed by atoms with van der Waals surface area (Å²) in [4.78, 5) is 13.1. The summed E-state index contributed by atoms with van der Waals surface area (Å²) in [7, 11) is 1.70. The van der Waals surface area contributed by atoms with Gasteiger partial charge in [-0.2, -0.15) is 0 Å². The van der Waals surface area contributed by atoms with E-state index >= 15 is 0 Å². The lowest BCUT2D eigenvalue weighted by Crippen LogP contribution is -2.32. The molecule has 5 nitrogen and oxygen atoms in total. The molecule has 0 aromatic carbocycles. The third-order valence-electron chi connectivity index (χ3n) is 2.89. The highest BCUT2D eigenvalue weighted by molar-refractivity contribution is 7.98. The highest BCUT2D eigenvalue weighted by Crippen LogP contribution is 2.21. The van der Waals surface area contributed by atoms with Gasteiger partial charge in [-0.1, -0.05) is 11.8 Å². The minimum absolute atomic E-state index is 0.251. The van der Waals surface area contributed by atoms with E-state index in [4.69, 9.17) is 4.74 Å². The first-order valence-electron chi connectivity index (χ1n) is 6.00. The van der Waals surface area contributed by atoms with Gasteiger partial charge < -0.3 is 10.1 Å². The molecule has 0 aliphatic carbocycles. The topological polar surface area (TPSA) is 59.9 Å². The first kappa shape index (κ1) is 14.0. The van der Waals surface area contributed by atoms with Crippen LogP contribution >= 0.6 is 11.8 Å². The number of aromatic nitrogens is 3. The lowest BCUT2D eigenvalue weighted by Gasteiger charge is -2.23. The average Bonchev–Trinajstić information content (AvgIpc) is 2.44. The van der Waals surface area contributed by atoms with Gasteiger partial charge in [0.1, 0.15) is 5.52 Å². The Labute approximate surface area is 117 Å². The van der Waals surface area contributed by atoms with Gasteiger partial charge in [0, 0.05) is 31.4 Å². The van der Waals surface area contributed by atoms with E-state index in [0.29, 0.717) is 6.54 Å². The predicted octanol–water partition coefficient (Wildman–Crippen LogP) is 2.58. The molecule has 102 valence electrons. The van der Waals surface area contributed by atoms with Gasteiger partial charge in [0.15, 0.2) is 11.0 Å². The third-order valence-corrected chi connectivity index (χ3v) is 3.46. The number of ether oxygens (including phenoxy) is 1. The number of pyridine rings is 1. The zero-order valence-corrected chi connectivity index (χ0v) is 12.4. The zero-order valence-electron chi connectivity index (χ0n) is 11.6. The predicted molar refractivity (Wildman–Crippen MR) is 78.7 cm³/mol. The Kier molecular flexibility index (Phi) is 4.21. The highest BCUT2D eigenvalue weighted by atomic mass is 32.2. The van der Waals surface area contributed by atoms with Crippen molar-refractivity contribution in [3.63, 3.8) is 0 Å². The molecule has 0 fully saturated rings. The second kappa shape index (κ2) is 5.71. The number of anilines is 1. The lowest BCUT2D eigenvalue weighted by atomic mass is 10.1. The normalized spacial score (nSPS) is 11.8. The number of fused-ring (bicyclic) bond motifs is 1. The van der Waals surface area contributed by atoms with Crippen molar-refractivity contribution in [1.82, 2.24) is 15.0 Å². The van der Waals surface area contributed by atoms with Crippen LogP contribution in [0, 0.1) is 0 Å². The summed E-state index contributed by atoms with van der Waals surface area (Å²) in [6.45, 7) is 4.70. The molecule has 0 aliphatic heterocycles. The molecular formula is C13H18N4OS. The molecule has 1 N–H and O–H groups in total. The van der Waals surface area contributed by atoms with Gasteiger partial charge in [-0.15, -0.1) is 0 Å². The van der Waals surface area contributed by atoms with Crippen molar-refractivity contribution < 1.29 is 4.74 Å². The fourth-order valence-electron chi connectivity index (χ4n) is 1.54. The van der Waals surface area contributed by atoms with Gasteiger partial charge in [-0.05, 0) is 26.2 Å². The minimum atomic E-state index is -0.251. The summed E-state index contributed by atoms with van der Waals surface area (Å²) < 4.78 is 5.39. The smallest absolute Gasteiger partial charge is 0.187 e. The van der Waals surface area contributed by atoms with Crippen LogP contribution in [0.3, 0.4) is 0 Å². The van der Waals surface area contributed by atoms with E-state index in [9.17, 15) is 0 Å². The van der Waals surface area contributed by atoms with Crippen LogP contribution in [0.4, 0.5) is 5.82 Å². The third kappa shape index (κ3) is 3.33. The van der Waals surface area contributed by atoms with Crippen molar-refractivity contribution in [3.05, 3.63) is 18.5 Å². The molecule has 0 unspecified atom stereocenters. The van der Waals surface area contributed by atoms with Gasteiger partial charge in [0.05, 0.1) is 5.60 Å². The van der Waals surface area contributed by atoms with Crippen molar-refractivity contribution in [2.75, 3.05) is 25.2 Å². The molecule has 2 aromatic rings. The maximum absolute atomic E-state index is 5.39. The Hall–Kier alpha value is -1.40. The second-order valence-electron chi connectivity index (χ2n) is 4.77. The van der Waals surface area contributed by atoms with E-state index in [1.807, 2.05) is 32.4 Å². The van der Waals surface area contributed by atoms with E-state index in [2.05, 4.69) is 20.3 Å². The Morgan fingerprint density at radius 2 is 2.16 bits per heavy atom. The average molecular weight is 278 g/mol. The molecule has 2 aromatic heterocycles. The minimum Gasteiger partial charge on any atom is -0.377 e. The summed E-state index contributed by atoms with van der Waals surface area (Å²) in [6.07, 6.45) is 5.54. The largest absolute Gasteiger partial charge is 0.377 e. The number of rotatable bonds is 5. The fraction of sp³-hybridized carbons (Fsp3) is 0.462. The van der Waals surface area contributed by atoms with Gasteiger partial charge in [0.25, 0.3) is 0 Å². The zero-order chi connectivity index (χ0) is 13.9. The van der Waals surface area contributed by atoms with Crippen molar-refractivity contribution in [1.29, 1.82) is 0 Å². The van der Waals surface area contributed by atoms with E-state index in [1.54, 1.807) is 13.3 Å². The SMILES string of the molecule is COC(C)(C)CNc1nccc2cnc(SC)nc12. The number of nitrogens with zero attached hydrogens (tertiary/aromatic N) is 3. The number of methoxy groups -OCH3 is 1. The van der Waals surface area contributed by atoms with Crippen molar-refractivity contribution >= 4 is 28.5 Å². The summed E-state index contributed by atoms with van der Waals surface area (Å²) >= 11 is 1.52. The van der Waals surface area contributed by atoms with E-state index in [1.165, 1.54) is 11.8 Å². The molecule has 2 heterocycles. The van der Waals surface area contributed by atoms with Crippen LogP contribution in [0.1, 0.15) is 13.8 Å². The number of hydrogen-bond acceptors (Lipinski definition) is 6.